The van der Waals surface area contributed by atoms with Crippen molar-refractivity contribution in [1.82, 2.24) is 49.5 Å². The third kappa shape index (κ3) is 16.7. The summed E-state index contributed by atoms with van der Waals surface area (Å²) in [7, 11) is 1.35. The Labute approximate surface area is 531 Å². The number of alkyl halides is 1. The number of aromatic amines is 1. The van der Waals surface area contributed by atoms with Gasteiger partial charge in [-0.1, -0.05) is 38.2 Å². The Bertz CT molecular complexity index is 3670. The van der Waals surface area contributed by atoms with Crippen molar-refractivity contribution < 1.29 is 94.0 Å². The maximum atomic E-state index is 16.5. The fourth-order valence-corrected chi connectivity index (χ4v) is 13.1. The van der Waals surface area contributed by atoms with E-state index in [-0.39, 0.29) is 80.5 Å². The summed E-state index contributed by atoms with van der Waals surface area (Å²) in [5.74, 6) is -4.14. The molecule has 0 radical (unpaired) electrons. The molecule has 36 nitrogen and oxygen atoms in total. The number of urea groups is 1. The van der Waals surface area contributed by atoms with Crippen LogP contribution in [0.1, 0.15) is 69.4 Å². The molecule has 1 aromatic carbocycles. The highest BCUT2D eigenvalue weighted by molar-refractivity contribution is 8.44. The molecule has 3 fully saturated rings. The molecule has 0 bridgehead atoms. The SMILES string of the molecule is CC(C)[C@H](NC(=O)CCN1C(=O)C=CC1=O)C(=O)C[C@@H](CCCNC(N)=O)C(=O)Nc1ccc(COC(=O)N(C)CCOC(=O)O[C@@H]2[C@@H]3OP(O)(=S)OC[C@H]4O[C@@H](n5cnc6c(=O)[nH]c(N)nc65)[C@H](F)[C@@H]4OP(=O)(S)OC[C@H]3O[C@H]2n2cnc3c2NC=NC3N)cc1. The number of carbonyl (C=O) groups excluding carboxylic acids is 8. The van der Waals surface area contributed by atoms with Crippen LogP contribution in [0.25, 0.3) is 11.2 Å². The van der Waals surface area contributed by atoms with E-state index in [1.807, 2.05) is 0 Å². The molecule has 13 atom stereocenters. The summed E-state index contributed by atoms with van der Waals surface area (Å²) in [6.45, 7) is -8.41. The summed E-state index contributed by atoms with van der Waals surface area (Å²) in [6.07, 6.45) is -11.0. The van der Waals surface area contributed by atoms with Crippen molar-refractivity contribution >= 4 is 120 Å². The zero-order valence-corrected chi connectivity index (χ0v) is 52.5. The summed E-state index contributed by atoms with van der Waals surface area (Å²) < 4.78 is 84.8. The number of carbonyl (C=O) groups is 8. The van der Waals surface area contributed by atoms with Gasteiger partial charge in [0.2, 0.25) is 17.8 Å². The van der Waals surface area contributed by atoms with Crippen LogP contribution < -0.4 is 44.0 Å². The number of nitrogens with zero attached hydrogens (tertiary/aromatic N) is 8. The summed E-state index contributed by atoms with van der Waals surface area (Å²) in [4.78, 5) is 147. The number of aromatic nitrogens is 6. The fourth-order valence-electron chi connectivity index (χ4n) is 10.2. The second-order valence-electron chi connectivity index (χ2n) is 21.6. The quantitative estimate of drug-likeness (QED) is 0.0175. The monoisotopic (exact) mass is 1370 g/mol. The number of fused-ring (bicyclic) bond motifs is 4. The van der Waals surface area contributed by atoms with E-state index >= 15 is 4.39 Å². The van der Waals surface area contributed by atoms with E-state index < -0.39 is 160 Å². The number of H-pyrrole nitrogens is 1. The third-order valence-corrected chi connectivity index (χ3v) is 18.0. The highest BCUT2D eigenvalue weighted by Crippen LogP contribution is 2.59. The van der Waals surface area contributed by atoms with Gasteiger partial charge in [-0.15, -0.1) is 0 Å². The number of nitrogens with two attached hydrogens (primary N) is 3. The first-order valence-corrected chi connectivity index (χ1v) is 33.5. The normalized spacial score (nSPS) is 26.7. The van der Waals surface area contributed by atoms with Crippen molar-refractivity contribution in [3.8, 4) is 0 Å². The molecule has 12 N–H and O–H groups in total. The van der Waals surface area contributed by atoms with Crippen LogP contribution in [0.15, 0.2) is 58.9 Å². The van der Waals surface area contributed by atoms with Gasteiger partial charge in [-0.2, -0.15) is 4.98 Å². The number of hydrogen-bond acceptors (Lipinski definition) is 27. The number of halogens is 1. The molecule has 3 saturated heterocycles. The Hall–Kier alpha value is -7.81. The molecule has 0 aliphatic carbocycles. The number of likely N-dealkylation sites (N-methyl/N-ethyl adjacent to an activating group) is 1. The van der Waals surface area contributed by atoms with E-state index in [9.17, 15) is 52.6 Å². The molecule has 7 amide bonds. The standard InChI is InChI=1S/C51H65FN16O20P2S2/c1-24(2)35(62-31(70)12-14-66-32(71)10-11-33(66)72)28(69)17-26(5-4-13-56-49(55)75)44(73)61-27-8-6-25(7-9-27)18-81-50(76)65(3)15-16-80-51(77)86-40-39-30(85-47(40)67-22-59-36-41(53)57-21-58-42(36)67)20-83-89(78,91)87-38-29(19-82-90(79,92)88-39)84-46(34(38)52)68-23-60-37-43(68)63-48(54)64-45(37)74/h6-11,21-24,26,29-30,34-35,38-41,46-47H,4-5,12-20,53H2,1-3H3,(H,57,58)(H,61,73)(H,62,70)(H,78,91)(H,79,92)(H3,55,56,75)(H3,54,63,64,74)/t26-,29-,30-,34-,35+,38-,39-,40-,41?,46-,47-,89?,90?/m1/s1. The van der Waals surface area contributed by atoms with Crippen LogP contribution in [-0.2, 0) is 88.7 Å². The summed E-state index contributed by atoms with van der Waals surface area (Å²) in [5, 5.41) is 10.8. The Morgan fingerprint density at radius 1 is 0.978 bits per heavy atom. The summed E-state index contributed by atoms with van der Waals surface area (Å²) >= 11 is 9.53. The predicted molar refractivity (Wildman–Crippen MR) is 323 cm³/mol. The van der Waals surface area contributed by atoms with Gasteiger partial charge in [-0.3, -0.25) is 66.3 Å². The van der Waals surface area contributed by atoms with E-state index in [2.05, 4.69) is 58.4 Å². The number of ketones is 1. The molecule has 9 rings (SSSR count). The Morgan fingerprint density at radius 3 is 2.39 bits per heavy atom. The van der Waals surface area contributed by atoms with Crippen LogP contribution >= 0.6 is 25.8 Å². The van der Waals surface area contributed by atoms with Gasteiger partial charge in [-0.25, -0.2) is 33.3 Å². The van der Waals surface area contributed by atoms with Gasteiger partial charge in [0.05, 0.1) is 44.8 Å². The van der Waals surface area contributed by atoms with Crippen molar-refractivity contribution in [3.05, 3.63) is 70.7 Å². The lowest BCUT2D eigenvalue weighted by Gasteiger charge is -2.30. The predicted octanol–water partition coefficient (Wildman–Crippen LogP) is 1.42. The molecule has 0 saturated carbocycles. The van der Waals surface area contributed by atoms with Gasteiger partial charge >= 0.3 is 31.8 Å². The number of Topliss-reactive ketones (excluding diaryl/α,β-unsaturated/α-hetero) is 1. The average Bonchev–Trinajstić information content (AvgIpc) is 1.61. The molecule has 3 aromatic heterocycles. The molecule has 0 spiro atoms. The van der Waals surface area contributed by atoms with Gasteiger partial charge in [0, 0.05) is 56.7 Å². The molecule has 5 aliphatic heterocycles. The minimum absolute atomic E-state index is 0.111. The zero-order chi connectivity index (χ0) is 66.3. The van der Waals surface area contributed by atoms with Crippen LogP contribution in [0, 0.1) is 11.8 Å². The first-order valence-electron chi connectivity index (χ1n) is 28.2. The lowest BCUT2D eigenvalue weighted by Crippen LogP contribution is -2.46. The van der Waals surface area contributed by atoms with Gasteiger partial charge in [0.25, 0.3) is 17.4 Å². The van der Waals surface area contributed by atoms with Crippen LogP contribution in [0.2, 0.25) is 0 Å². The number of imide groups is 1. The van der Waals surface area contributed by atoms with Gasteiger partial charge in [-0.05, 0) is 48.3 Å². The fraction of sp³-hybridized carbons (Fsp3) is 0.510. The van der Waals surface area contributed by atoms with Gasteiger partial charge in [0.15, 0.2) is 41.7 Å². The van der Waals surface area contributed by atoms with Crippen molar-refractivity contribution in [2.75, 3.05) is 62.9 Å². The number of thiol groups is 1. The molecule has 3 unspecified atom stereocenters. The van der Waals surface area contributed by atoms with Crippen molar-refractivity contribution in [1.29, 1.82) is 0 Å². The largest absolute Gasteiger partial charge is 0.508 e. The van der Waals surface area contributed by atoms with Crippen molar-refractivity contribution in [3.63, 3.8) is 0 Å². The second kappa shape index (κ2) is 29.4. The molecule has 8 heterocycles. The number of hydrogen-bond donors (Lipinski definition) is 10. The first kappa shape index (κ1) is 68.6. The minimum atomic E-state index is -4.64. The van der Waals surface area contributed by atoms with Gasteiger partial charge in [0.1, 0.15) is 55.3 Å². The maximum Gasteiger partial charge on any atom is 0.508 e. The number of aliphatic imine (C=N–C) groups is 1. The molecule has 4 aromatic rings. The number of nitrogen functional groups attached to an aromatic ring is 1. The van der Waals surface area contributed by atoms with Crippen LogP contribution in [0.5, 0.6) is 0 Å². The highest BCUT2D eigenvalue weighted by Gasteiger charge is 2.55. The molecular formula is C51H65FN16O20P2S2. The van der Waals surface area contributed by atoms with Crippen molar-refractivity contribution in [2.45, 2.75) is 107 Å². The number of benzene rings is 1. The lowest BCUT2D eigenvalue weighted by atomic mass is 9.89. The van der Waals surface area contributed by atoms with Crippen molar-refractivity contribution in [2.24, 2.45) is 28.3 Å². The van der Waals surface area contributed by atoms with Crippen LogP contribution in [0.3, 0.4) is 0 Å². The molecule has 498 valence electrons. The third-order valence-electron chi connectivity index (χ3n) is 14.8. The van der Waals surface area contributed by atoms with E-state index in [1.54, 1.807) is 26.0 Å². The molecular weight excluding hydrogens is 1300 g/mol. The second-order valence-corrected chi connectivity index (χ2v) is 27.3. The first-order chi connectivity index (χ1) is 43.6. The minimum Gasteiger partial charge on any atom is -0.445 e. The van der Waals surface area contributed by atoms with E-state index in [4.69, 9.17) is 70.8 Å². The van der Waals surface area contributed by atoms with Crippen LogP contribution in [0.4, 0.5) is 36.2 Å². The maximum absolute atomic E-state index is 16.5. The highest BCUT2D eigenvalue weighted by atomic mass is 32.7. The Balaban J connectivity index is 0.798. The number of imidazole rings is 2. The zero-order valence-electron chi connectivity index (χ0n) is 49.0. The summed E-state index contributed by atoms with van der Waals surface area (Å²) in [5.41, 5.74) is 17.0. The number of primary amides is 1. The molecule has 5 aliphatic rings. The van der Waals surface area contributed by atoms with Gasteiger partial charge < -0.3 is 76.5 Å². The van der Waals surface area contributed by atoms with E-state index in [0.717, 1.165) is 32.8 Å². The summed E-state index contributed by atoms with van der Waals surface area (Å²) in [6, 6.07) is 4.40. The molecule has 41 heteroatoms. The Kier molecular flexibility index (Phi) is 21.9. The van der Waals surface area contributed by atoms with E-state index in [0.29, 0.717) is 11.3 Å². The Morgan fingerprint density at radius 2 is 1.67 bits per heavy atom. The smallest absolute Gasteiger partial charge is 0.445 e. The van der Waals surface area contributed by atoms with E-state index in [1.165, 1.54) is 36.4 Å². The number of rotatable bonds is 22. The number of nitrogens with one attached hydrogen (secondary N) is 5. The lowest BCUT2D eigenvalue weighted by molar-refractivity contribution is -0.137. The number of anilines is 3. The number of amides is 7. The molecule has 92 heavy (non-hydrogen) atoms. The number of ether oxygens (including phenoxy) is 5. The average molecular weight is 1370 g/mol. The van der Waals surface area contributed by atoms with Crippen LogP contribution in [-0.4, -0.2) is 187 Å². The topological polar surface area (TPSA) is 483 Å².